The van der Waals surface area contributed by atoms with E-state index < -0.39 is 10.0 Å². The van der Waals surface area contributed by atoms with Gasteiger partial charge in [0.15, 0.2) is 0 Å². The van der Waals surface area contributed by atoms with Crippen LogP contribution in [0.15, 0.2) is 36.3 Å². The Morgan fingerprint density at radius 3 is 2.80 bits per heavy atom. The zero-order chi connectivity index (χ0) is 11.1. The average molecular weight is 288 g/mol. The molecule has 1 aromatic carbocycles. The van der Waals surface area contributed by atoms with Crippen LogP contribution >= 0.6 is 15.9 Å². The van der Waals surface area contributed by atoms with Crippen LogP contribution in [0.2, 0.25) is 0 Å². The molecule has 0 fully saturated rings. The summed E-state index contributed by atoms with van der Waals surface area (Å²) in [5.41, 5.74) is 1.77. The Morgan fingerprint density at radius 1 is 1.47 bits per heavy atom. The largest absolute Gasteiger partial charge is 0.257 e. The third-order valence-electron chi connectivity index (χ3n) is 2.36. The molecule has 0 bridgehead atoms. The van der Waals surface area contributed by atoms with Crippen molar-refractivity contribution < 1.29 is 8.42 Å². The van der Waals surface area contributed by atoms with Crippen LogP contribution in [0.3, 0.4) is 0 Å². The van der Waals surface area contributed by atoms with E-state index in [0.717, 1.165) is 16.7 Å². The van der Waals surface area contributed by atoms with Gasteiger partial charge in [-0.05, 0) is 11.6 Å². The lowest BCUT2D eigenvalue weighted by Crippen LogP contribution is -2.32. The second kappa shape index (κ2) is 3.64. The number of para-hydroxylation sites is 1. The van der Waals surface area contributed by atoms with Gasteiger partial charge in [-0.2, -0.15) is 0 Å². The molecule has 0 saturated carbocycles. The number of hydrogen-bond acceptors (Lipinski definition) is 2. The minimum atomic E-state index is -3.41. The Morgan fingerprint density at radius 2 is 2.13 bits per heavy atom. The molecule has 1 atom stereocenters. The highest BCUT2D eigenvalue weighted by Gasteiger charge is 2.33. The summed E-state index contributed by atoms with van der Waals surface area (Å²) in [7, 11) is -3.41. The van der Waals surface area contributed by atoms with Gasteiger partial charge in [0.25, 0.3) is 10.0 Å². The van der Waals surface area contributed by atoms with E-state index >= 15 is 0 Å². The standard InChI is InChI=1S/C10H10BrNO2S/c1-2-15(13,14)12-9-6-4-3-5-8(9)7-10(12)11/h2-6,10H,1,7H2. The summed E-state index contributed by atoms with van der Waals surface area (Å²) in [5.74, 6) is 0. The van der Waals surface area contributed by atoms with Gasteiger partial charge in [0.05, 0.1) is 5.69 Å². The quantitative estimate of drug-likeness (QED) is 0.618. The van der Waals surface area contributed by atoms with Gasteiger partial charge in [-0.15, -0.1) is 0 Å². The molecule has 5 heteroatoms. The average Bonchev–Trinajstić information content (AvgIpc) is 2.54. The molecule has 0 aromatic heterocycles. The first kappa shape index (κ1) is 10.7. The zero-order valence-electron chi connectivity index (χ0n) is 7.93. The van der Waals surface area contributed by atoms with Gasteiger partial charge in [0, 0.05) is 11.8 Å². The molecule has 1 aliphatic heterocycles. The van der Waals surface area contributed by atoms with Gasteiger partial charge in [0.1, 0.15) is 4.95 Å². The Balaban J connectivity index is 2.56. The number of nitrogens with zero attached hydrogens (tertiary/aromatic N) is 1. The molecule has 1 unspecified atom stereocenters. The molecule has 80 valence electrons. The van der Waals surface area contributed by atoms with Crippen molar-refractivity contribution in [2.45, 2.75) is 11.4 Å². The Labute approximate surface area is 97.6 Å². The first-order valence-electron chi connectivity index (χ1n) is 4.45. The highest BCUT2D eigenvalue weighted by Crippen LogP contribution is 2.36. The second-order valence-corrected chi connectivity index (χ2v) is 6.09. The molecule has 1 aromatic rings. The minimum absolute atomic E-state index is 0.210. The number of halogens is 1. The topological polar surface area (TPSA) is 37.4 Å². The van der Waals surface area contributed by atoms with E-state index in [4.69, 9.17) is 0 Å². The summed E-state index contributed by atoms with van der Waals surface area (Å²) in [4.78, 5) is -0.210. The molecular formula is C10H10BrNO2S. The van der Waals surface area contributed by atoms with Crippen LogP contribution in [0.5, 0.6) is 0 Å². The van der Waals surface area contributed by atoms with E-state index in [0.29, 0.717) is 6.42 Å². The van der Waals surface area contributed by atoms with E-state index in [1.165, 1.54) is 4.31 Å². The summed E-state index contributed by atoms with van der Waals surface area (Å²) in [6.45, 7) is 3.33. The monoisotopic (exact) mass is 287 g/mol. The summed E-state index contributed by atoms with van der Waals surface area (Å²) in [6.07, 6.45) is 0.684. The minimum Gasteiger partial charge on any atom is -0.253 e. The number of rotatable bonds is 2. The molecule has 1 aliphatic rings. The van der Waals surface area contributed by atoms with Crippen LogP contribution in [-0.2, 0) is 16.4 Å². The molecule has 0 radical (unpaired) electrons. The van der Waals surface area contributed by atoms with E-state index in [1.807, 2.05) is 18.2 Å². The van der Waals surface area contributed by atoms with Gasteiger partial charge in [-0.3, -0.25) is 4.31 Å². The SMILES string of the molecule is C=CS(=O)(=O)N1c2ccccc2CC1Br. The first-order chi connectivity index (χ1) is 7.06. The van der Waals surface area contributed by atoms with E-state index in [1.54, 1.807) is 6.07 Å². The summed E-state index contributed by atoms with van der Waals surface area (Å²) in [5, 5.41) is 0.976. The third kappa shape index (κ3) is 1.70. The van der Waals surface area contributed by atoms with Crippen molar-refractivity contribution in [1.29, 1.82) is 0 Å². The van der Waals surface area contributed by atoms with Gasteiger partial charge in [-0.1, -0.05) is 40.7 Å². The van der Waals surface area contributed by atoms with E-state index in [2.05, 4.69) is 22.5 Å². The number of anilines is 1. The summed E-state index contributed by atoms with van der Waals surface area (Å²) in [6, 6.07) is 7.47. The van der Waals surface area contributed by atoms with Crippen LogP contribution < -0.4 is 4.31 Å². The molecule has 2 rings (SSSR count). The first-order valence-corrected chi connectivity index (χ1v) is 6.87. The van der Waals surface area contributed by atoms with Crippen molar-refractivity contribution in [2.24, 2.45) is 0 Å². The van der Waals surface area contributed by atoms with Crippen LogP contribution in [0, 0.1) is 0 Å². The summed E-state index contributed by atoms with van der Waals surface area (Å²) >= 11 is 3.36. The second-order valence-electron chi connectivity index (χ2n) is 3.27. The maximum absolute atomic E-state index is 11.8. The fraction of sp³-hybridized carbons (Fsp3) is 0.200. The molecule has 1 heterocycles. The Kier molecular flexibility index (Phi) is 2.60. The van der Waals surface area contributed by atoms with Gasteiger partial charge in [0.2, 0.25) is 0 Å². The zero-order valence-corrected chi connectivity index (χ0v) is 10.3. The number of alkyl halides is 1. The lowest BCUT2D eigenvalue weighted by atomic mass is 10.2. The Bertz CT molecular complexity index is 498. The highest BCUT2D eigenvalue weighted by atomic mass is 79.9. The molecule has 15 heavy (non-hydrogen) atoms. The van der Waals surface area contributed by atoms with Gasteiger partial charge < -0.3 is 0 Å². The van der Waals surface area contributed by atoms with E-state index in [-0.39, 0.29) is 4.95 Å². The molecule has 0 aliphatic carbocycles. The Hall–Kier alpha value is -0.810. The third-order valence-corrected chi connectivity index (χ3v) is 4.78. The molecule has 0 N–H and O–H groups in total. The lowest BCUT2D eigenvalue weighted by molar-refractivity contribution is 0.600. The molecule has 3 nitrogen and oxygen atoms in total. The van der Waals surface area contributed by atoms with Gasteiger partial charge in [-0.25, -0.2) is 8.42 Å². The fourth-order valence-corrected chi connectivity index (χ4v) is 3.97. The van der Waals surface area contributed by atoms with Crippen LogP contribution in [-0.4, -0.2) is 13.4 Å². The van der Waals surface area contributed by atoms with E-state index in [9.17, 15) is 8.42 Å². The number of benzene rings is 1. The number of sulfonamides is 1. The van der Waals surface area contributed by atoms with Crippen LogP contribution in [0.4, 0.5) is 5.69 Å². The number of fused-ring (bicyclic) bond motifs is 1. The van der Waals surface area contributed by atoms with Crippen LogP contribution in [0.25, 0.3) is 0 Å². The maximum atomic E-state index is 11.8. The van der Waals surface area contributed by atoms with Crippen molar-refractivity contribution in [2.75, 3.05) is 4.31 Å². The smallest absolute Gasteiger partial charge is 0.253 e. The predicted octanol–water partition coefficient (Wildman–Crippen LogP) is 2.24. The fourth-order valence-electron chi connectivity index (χ4n) is 1.69. The number of hydrogen-bond donors (Lipinski definition) is 0. The van der Waals surface area contributed by atoms with Crippen molar-refractivity contribution in [1.82, 2.24) is 0 Å². The van der Waals surface area contributed by atoms with Crippen molar-refractivity contribution in [3.05, 3.63) is 41.8 Å². The lowest BCUT2D eigenvalue weighted by Gasteiger charge is -2.20. The van der Waals surface area contributed by atoms with Crippen molar-refractivity contribution >= 4 is 31.6 Å². The molecule has 0 saturated heterocycles. The molecule has 0 amide bonds. The van der Waals surface area contributed by atoms with Crippen molar-refractivity contribution in [3.63, 3.8) is 0 Å². The van der Waals surface area contributed by atoms with Crippen molar-refractivity contribution in [3.8, 4) is 0 Å². The normalized spacial score (nSPS) is 20.1. The van der Waals surface area contributed by atoms with Crippen LogP contribution in [0.1, 0.15) is 5.56 Å². The predicted molar refractivity (Wildman–Crippen MR) is 64.5 cm³/mol. The maximum Gasteiger partial charge on any atom is 0.257 e. The molecule has 0 spiro atoms. The molecular weight excluding hydrogens is 278 g/mol. The van der Waals surface area contributed by atoms with Gasteiger partial charge >= 0.3 is 0 Å². The summed E-state index contributed by atoms with van der Waals surface area (Å²) < 4.78 is 24.9. The highest BCUT2D eigenvalue weighted by molar-refractivity contribution is 9.09.